The number of alkyl carbamates (subject to hydrolysis) is 1. The molecule has 1 saturated heterocycles. The summed E-state index contributed by atoms with van der Waals surface area (Å²) in [5.41, 5.74) is 0. The van der Waals surface area contributed by atoms with Crippen molar-refractivity contribution in [2.45, 2.75) is 136 Å². The summed E-state index contributed by atoms with van der Waals surface area (Å²) in [6.07, 6.45) is 16.5. The van der Waals surface area contributed by atoms with Crippen molar-refractivity contribution in [2.75, 3.05) is 46.6 Å². The highest BCUT2D eigenvalue weighted by Gasteiger charge is 2.20. The first-order chi connectivity index (χ1) is 18.9. The molecule has 39 heavy (non-hydrogen) atoms. The molecule has 1 amide bonds. The third kappa shape index (κ3) is 21.1. The number of carbonyl (C=O) groups is 2. The molecule has 1 N–H and O–H groups in total. The molecule has 1 aliphatic rings. The Balaban J connectivity index is 2.24. The molecule has 0 spiro atoms. The van der Waals surface area contributed by atoms with Gasteiger partial charge in [0.2, 0.25) is 0 Å². The van der Waals surface area contributed by atoms with Crippen molar-refractivity contribution < 1.29 is 28.5 Å². The number of likely N-dealkylation sites (N-methyl/N-ethyl adjacent to an activating group) is 1. The Hall–Kier alpha value is -1.38. The molecule has 2 unspecified atom stereocenters. The Morgan fingerprint density at radius 3 is 2.00 bits per heavy atom. The first-order valence-electron chi connectivity index (χ1n) is 15.9. The zero-order valence-corrected chi connectivity index (χ0v) is 25.7. The maximum absolute atomic E-state index is 12.4. The van der Waals surface area contributed by atoms with Crippen molar-refractivity contribution in [3.05, 3.63) is 0 Å². The molecule has 0 saturated carbocycles. The van der Waals surface area contributed by atoms with Crippen LogP contribution in [-0.4, -0.2) is 75.9 Å². The molecule has 0 aliphatic carbocycles. The second-order valence-corrected chi connectivity index (χ2v) is 11.4. The van der Waals surface area contributed by atoms with Crippen LogP contribution in [0.1, 0.15) is 124 Å². The van der Waals surface area contributed by atoms with E-state index in [9.17, 15) is 9.59 Å². The number of ether oxygens (including phenoxy) is 4. The summed E-state index contributed by atoms with van der Waals surface area (Å²) in [5, 5.41) is 2.93. The molecular formula is C31H60N2O6. The molecule has 0 radical (unpaired) electrons. The standard InChI is InChI=1S/C31H60N2O6/c1-5-7-9-11-13-15-22-36-30(37-23-16-14-12-10-8-6-2)20-19-29(34)38-25-27(3)26-39-31(35)32-28-18-17-21-33(4)24-28/h27-28,30H,5-26H2,1-4H3,(H,32,35). The van der Waals surface area contributed by atoms with Crippen LogP contribution in [0.5, 0.6) is 0 Å². The van der Waals surface area contributed by atoms with E-state index in [-0.39, 0.29) is 43.9 Å². The van der Waals surface area contributed by atoms with E-state index in [0.717, 1.165) is 38.8 Å². The molecule has 8 nitrogen and oxygen atoms in total. The maximum Gasteiger partial charge on any atom is 0.407 e. The summed E-state index contributed by atoms with van der Waals surface area (Å²) in [4.78, 5) is 26.7. The topological polar surface area (TPSA) is 86.3 Å². The summed E-state index contributed by atoms with van der Waals surface area (Å²) in [7, 11) is 2.06. The SMILES string of the molecule is CCCCCCCCOC(CCC(=O)OCC(C)COC(=O)NC1CCCN(C)C1)OCCCCCCCC. The van der Waals surface area contributed by atoms with Gasteiger partial charge in [0.25, 0.3) is 0 Å². The number of esters is 1. The minimum atomic E-state index is -0.402. The largest absolute Gasteiger partial charge is 0.465 e. The third-order valence-electron chi connectivity index (χ3n) is 7.16. The molecule has 1 rings (SSSR count). The van der Waals surface area contributed by atoms with Gasteiger partial charge in [0, 0.05) is 38.1 Å². The predicted molar refractivity (Wildman–Crippen MR) is 157 cm³/mol. The zero-order valence-electron chi connectivity index (χ0n) is 25.7. The number of nitrogens with one attached hydrogen (secondary N) is 1. The van der Waals surface area contributed by atoms with Crippen LogP contribution in [-0.2, 0) is 23.7 Å². The van der Waals surface area contributed by atoms with Crippen molar-refractivity contribution in [1.29, 1.82) is 0 Å². The molecular weight excluding hydrogens is 496 g/mol. The van der Waals surface area contributed by atoms with Gasteiger partial charge in [-0.3, -0.25) is 4.79 Å². The molecule has 230 valence electrons. The molecule has 0 aromatic carbocycles. The van der Waals surface area contributed by atoms with Crippen LogP contribution in [0.3, 0.4) is 0 Å². The molecule has 8 heteroatoms. The Morgan fingerprint density at radius 1 is 0.846 bits per heavy atom. The number of hydrogen-bond donors (Lipinski definition) is 1. The van der Waals surface area contributed by atoms with Crippen LogP contribution in [0.15, 0.2) is 0 Å². The number of piperidine rings is 1. The van der Waals surface area contributed by atoms with E-state index in [2.05, 4.69) is 31.1 Å². The van der Waals surface area contributed by atoms with Crippen molar-refractivity contribution in [1.82, 2.24) is 10.2 Å². The monoisotopic (exact) mass is 556 g/mol. The van der Waals surface area contributed by atoms with Gasteiger partial charge in [-0.2, -0.15) is 0 Å². The molecule has 0 aromatic rings. The van der Waals surface area contributed by atoms with Gasteiger partial charge in [-0.05, 0) is 39.3 Å². The first-order valence-corrected chi connectivity index (χ1v) is 15.9. The molecule has 1 fully saturated rings. The number of nitrogens with zero attached hydrogens (tertiary/aromatic N) is 1. The quantitative estimate of drug-likeness (QED) is 0.0791. The van der Waals surface area contributed by atoms with E-state index in [1.807, 2.05) is 6.92 Å². The Kier molecular flexibility index (Phi) is 22.3. The Bertz CT molecular complexity index is 588. The molecule has 1 heterocycles. The summed E-state index contributed by atoms with van der Waals surface area (Å²) in [6.45, 7) is 10.0. The van der Waals surface area contributed by atoms with Crippen molar-refractivity contribution in [3.8, 4) is 0 Å². The van der Waals surface area contributed by atoms with Crippen LogP contribution in [0.25, 0.3) is 0 Å². The summed E-state index contributed by atoms with van der Waals surface area (Å²) >= 11 is 0. The van der Waals surface area contributed by atoms with Crippen molar-refractivity contribution in [3.63, 3.8) is 0 Å². The average Bonchev–Trinajstić information content (AvgIpc) is 2.92. The lowest BCUT2D eigenvalue weighted by Gasteiger charge is -2.29. The maximum atomic E-state index is 12.4. The van der Waals surface area contributed by atoms with Crippen molar-refractivity contribution >= 4 is 12.1 Å². The first kappa shape index (κ1) is 35.6. The average molecular weight is 557 g/mol. The number of carbonyl (C=O) groups excluding carboxylic acids is 2. The lowest BCUT2D eigenvalue weighted by atomic mass is 10.1. The molecule has 1 aliphatic heterocycles. The minimum Gasteiger partial charge on any atom is -0.465 e. The van der Waals surface area contributed by atoms with E-state index in [1.54, 1.807) is 0 Å². The second-order valence-electron chi connectivity index (χ2n) is 11.4. The van der Waals surface area contributed by atoms with Gasteiger partial charge >= 0.3 is 12.1 Å². The van der Waals surface area contributed by atoms with Gasteiger partial charge < -0.3 is 29.2 Å². The third-order valence-corrected chi connectivity index (χ3v) is 7.16. The van der Waals surface area contributed by atoms with Crippen LogP contribution in [0.4, 0.5) is 4.79 Å². The predicted octanol–water partition coefficient (Wildman–Crippen LogP) is 6.85. The normalized spacial score (nSPS) is 16.8. The number of unbranched alkanes of at least 4 members (excludes halogenated alkanes) is 10. The Labute approximate surface area is 239 Å². The fraction of sp³-hybridized carbons (Fsp3) is 0.935. The van der Waals surface area contributed by atoms with E-state index in [0.29, 0.717) is 19.6 Å². The highest BCUT2D eigenvalue weighted by molar-refractivity contribution is 5.69. The smallest absolute Gasteiger partial charge is 0.407 e. The number of rotatable bonds is 24. The van der Waals surface area contributed by atoms with Crippen LogP contribution in [0.2, 0.25) is 0 Å². The lowest BCUT2D eigenvalue weighted by Crippen LogP contribution is -2.46. The zero-order chi connectivity index (χ0) is 28.6. The van der Waals surface area contributed by atoms with Crippen LogP contribution >= 0.6 is 0 Å². The van der Waals surface area contributed by atoms with E-state index >= 15 is 0 Å². The summed E-state index contributed by atoms with van der Waals surface area (Å²) < 4.78 is 22.8. The van der Waals surface area contributed by atoms with E-state index in [1.165, 1.54) is 64.2 Å². The molecule has 0 bridgehead atoms. The minimum absolute atomic E-state index is 0.0718. The van der Waals surface area contributed by atoms with Gasteiger partial charge in [-0.15, -0.1) is 0 Å². The van der Waals surface area contributed by atoms with Gasteiger partial charge in [0.1, 0.15) is 0 Å². The Morgan fingerprint density at radius 2 is 1.41 bits per heavy atom. The lowest BCUT2D eigenvalue weighted by molar-refractivity contribution is -0.160. The summed E-state index contributed by atoms with van der Waals surface area (Å²) in [5.74, 6) is -0.342. The van der Waals surface area contributed by atoms with E-state index < -0.39 is 6.09 Å². The van der Waals surface area contributed by atoms with Gasteiger partial charge in [-0.25, -0.2) is 4.79 Å². The fourth-order valence-corrected chi connectivity index (χ4v) is 4.71. The van der Waals surface area contributed by atoms with Crippen molar-refractivity contribution in [2.24, 2.45) is 5.92 Å². The highest BCUT2D eigenvalue weighted by atomic mass is 16.7. The number of amides is 1. The fourth-order valence-electron chi connectivity index (χ4n) is 4.71. The number of hydrogen-bond acceptors (Lipinski definition) is 7. The molecule has 2 atom stereocenters. The highest BCUT2D eigenvalue weighted by Crippen LogP contribution is 2.12. The molecule has 0 aromatic heterocycles. The van der Waals surface area contributed by atoms with Crippen LogP contribution in [0, 0.1) is 5.92 Å². The second kappa shape index (κ2) is 24.4. The summed E-state index contributed by atoms with van der Waals surface area (Å²) in [6, 6.07) is 0.129. The number of likely N-dealkylation sites (tertiary alicyclic amines) is 1. The van der Waals surface area contributed by atoms with Gasteiger partial charge in [0.05, 0.1) is 19.6 Å². The van der Waals surface area contributed by atoms with Gasteiger partial charge in [-0.1, -0.05) is 85.0 Å². The van der Waals surface area contributed by atoms with Crippen LogP contribution < -0.4 is 5.32 Å². The van der Waals surface area contributed by atoms with E-state index in [4.69, 9.17) is 18.9 Å². The van der Waals surface area contributed by atoms with Gasteiger partial charge in [0.15, 0.2) is 6.29 Å².